The van der Waals surface area contributed by atoms with Gasteiger partial charge in [0, 0.05) is 32.1 Å². The van der Waals surface area contributed by atoms with Crippen LogP contribution in [0.25, 0.3) is 0 Å². The minimum atomic E-state index is -0.722. The molecule has 0 bridgehead atoms. The van der Waals surface area contributed by atoms with Crippen LogP contribution in [-0.4, -0.2) is 60.4 Å². The van der Waals surface area contributed by atoms with Gasteiger partial charge in [0.05, 0.1) is 6.61 Å². The van der Waals surface area contributed by atoms with Crippen molar-refractivity contribution in [3.63, 3.8) is 0 Å². The second-order valence-electron chi connectivity index (χ2n) is 4.50. The van der Waals surface area contributed by atoms with Crippen LogP contribution in [0.3, 0.4) is 0 Å². The Balaban J connectivity index is 2.40. The second kappa shape index (κ2) is 6.83. The fraction of sp³-hybridized carbons (Fsp3) is 0.909. The van der Waals surface area contributed by atoms with Crippen LogP contribution in [0, 0.1) is 5.92 Å². The predicted molar refractivity (Wildman–Crippen MR) is 61.4 cm³/mol. The number of rotatable bonds is 6. The summed E-state index contributed by atoms with van der Waals surface area (Å²) in [7, 11) is 1.93. The van der Waals surface area contributed by atoms with Gasteiger partial charge in [-0.25, -0.2) is 0 Å². The number of hydrogen-bond acceptors (Lipinski definition) is 4. The number of aliphatic carboxylic acids is 1. The van der Waals surface area contributed by atoms with Crippen LogP contribution < -0.4 is 5.32 Å². The molecule has 0 aromatic heterocycles. The van der Waals surface area contributed by atoms with E-state index in [1.807, 2.05) is 7.05 Å². The zero-order valence-corrected chi connectivity index (χ0v) is 9.85. The molecule has 1 fully saturated rings. The van der Waals surface area contributed by atoms with Gasteiger partial charge in [-0.3, -0.25) is 9.69 Å². The number of β-amino-alcohol motifs (C(OH)–C–C–N with tert-alkyl or cyclic N) is 1. The van der Waals surface area contributed by atoms with Gasteiger partial charge >= 0.3 is 5.97 Å². The highest BCUT2D eigenvalue weighted by molar-refractivity contribution is 5.66. The molecule has 1 aliphatic rings. The highest BCUT2D eigenvalue weighted by Crippen LogP contribution is 2.21. The maximum atomic E-state index is 10.5. The van der Waals surface area contributed by atoms with Crippen LogP contribution in [-0.2, 0) is 4.79 Å². The maximum Gasteiger partial charge on any atom is 0.303 e. The molecule has 2 atom stereocenters. The summed E-state index contributed by atoms with van der Waals surface area (Å²) < 4.78 is 0. The van der Waals surface area contributed by atoms with E-state index in [1.165, 1.54) is 0 Å². The zero-order valence-electron chi connectivity index (χ0n) is 9.85. The monoisotopic (exact) mass is 230 g/mol. The molecule has 2 unspecified atom stereocenters. The number of carbonyl (C=O) groups is 1. The molecule has 1 heterocycles. The summed E-state index contributed by atoms with van der Waals surface area (Å²) in [5, 5.41) is 20.8. The predicted octanol–water partition coefficient (Wildman–Crippen LogP) is -0.247. The Morgan fingerprint density at radius 2 is 2.25 bits per heavy atom. The van der Waals surface area contributed by atoms with Crippen LogP contribution in [0.2, 0.25) is 0 Å². The first kappa shape index (κ1) is 13.4. The average Bonchev–Trinajstić information content (AvgIpc) is 2.26. The maximum absolute atomic E-state index is 10.5. The lowest BCUT2D eigenvalue weighted by molar-refractivity contribution is -0.137. The normalized spacial score (nSPS) is 26.9. The van der Waals surface area contributed by atoms with Crippen LogP contribution in [0.15, 0.2) is 0 Å². The van der Waals surface area contributed by atoms with Crippen molar-refractivity contribution in [2.24, 2.45) is 5.92 Å². The molecule has 1 saturated heterocycles. The van der Waals surface area contributed by atoms with E-state index < -0.39 is 5.97 Å². The van der Waals surface area contributed by atoms with Gasteiger partial charge in [0.1, 0.15) is 0 Å². The van der Waals surface area contributed by atoms with Crippen molar-refractivity contribution < 1.29 is 15.0 Å². The minimum absolute atomic E-state index is 0.169. The highest BCUT2D eigenvalue weighted by atomic mass is 16.4. The molecule has 94 valence electrons. The number of likely N-dealkylation sites (tertiary alicyclic amines) is 1. The van der Waals surface area contributed by atoms with Gasteiger partial charge in [-0.15, -0.1) is 0 Å². The standard InChI is InChI=1S/C11H22N2O3/c1-12-10-6-9(2-3-11(15)16)7-13(8-10)4-5-14/h9-10,12,14H,2-8H2,1H3,(H,15,16). The van der Waals surface area contributed by atoms with E-state index in [1.54, 1.807) is 0 Å². The Morgan fingerprint density at radius 1 is 1.50 bits per heavy atom. The largest absolute Gasteiger partial charge is 0.481 e. The lowest BCUT2D eigenvalue weighted by Gasteiger charge is -2.37. The van der Waals surface area contributed by atoms with E-state index >= 15 is 0 Å². The third-order valence-corrected chi connectivity index (χ3v) is 3.20. The number of likely N-dealkylation sites (N-methyl/N-ethyl adjacent to an activating group) is 1. The smallest absolute Gasteiger partial charge is 0.303 e. The summed E-state index contributed by atoms with van der Waals surface area (Å²) in [4.78, 5) is 12.7. The molecule has 1 rings (SSSR count). The number of carboxylic acid groups (broad SMARTS) is 1. The van der Waals surface area contributed by atoms with Crippen molar-refractivity contribution in [1.82, 2.24) is 10.2 Å². The topological polar surface area (TPSA) is 72.8 Å². The molecule has 5 heteroatoms. The van der Waals surface area contributed by atoms with Crippen molar-refractivity contribution in [3.8, 4) is 0 Å². The van der Waals surface area contributed by atoms with Crippen LogP contribution >= 0.6 is 0 Å². The number of aliphatic hydroxyl groups excluding tert-OH is 1. The van der Waals surface area contributed by atoms with Crippen molar-refractivity contribution >= 4 is 5.97 Å². The Hall–Kier alpha value is -0.650. The molecule has 0 spiro atoms. The lowest BCUT2D eigenvalue weighted by atomic mass is 9.90. The van der Waals surface area contributed by atoms with Crippen LogP contribution in [0.5, 0.6) is 0 Å². The van der Waals surface area contributed by atoms with E-state index in [-0.39, 0.29) is 13.0 Å². The molecular weight excluding hydrogens is 208 g/mol. The molecule has 16 heavy (non-hydrogen) atoms. The SMILES string of the molecule is CNC1CC(CCC(=O)O)CN(CCO)C1. The van der Waals surface area contributed by atoms with Gasteiger partial charge < -0.3 is 15.5 Å². The molecule has 1 aliphatic heterocycles. The van der Waals surface area contributed by atoms with Crippen molar-refractivity contribution in [1.29, 1.82) is 0 Å². The first-order valence-electron chi connectivity index (χ1n) is 5.88. The van der Waals surface area contributed by atoms with Gasteiger partial charge in [-0.1, -0.05) is 0 Å². The summed E-state index contributed by atoms with van der Waals surface area (Å²) in [6.07, 6.45) is 2.01. The number of nitrogens with one attached hydrogen (secondary N) is 1. The van der Waals surface area contributed by atoms with E-state index in [2.05, 4.69) is 10.2 Å². The Morgan fingerprint density at radius 3 is 2.81 bits per heavy atom. The molecule has 5 nitrogen and oxygen atoms in total. The molecule has 0 aromatic carbocycles. The molecule has 0 aromatic rings. The molecule has 0 radical (unpaired) electrons. The Labute approximate surface area is 96.4 Å². The zero-order chi connectivity index (χ0) is 12.0. The number of aliphatic hydroxyl groups is 1. The number of hydrogen-bond donors (Lipinski definition) is 3. The molecule has 0 amide bonds. The fourth-order valence-electron chi connectivity index (χ4n) is 2.37. The van der Waals surface area contributed by atoms with Crippen LogP contribution in [0.1, 0.15) is 19.3 Å². The van der Waals surface area contributed by atoms with Crippen molar-refractivity contribution in [2.75, 3.05) is 33.3 Å². The third-order valence-electron chi connectivity index (χ3n) is 3.20. The van der Waals surface area contributed by atoms with Gasteiger partial charge in [0.2, 0.25) is 0 Å². The second-order valence-corrected chi connectivity index (χ2v) is 4.50. The van der Waals surface area contributed by atoms with Crippen molar-refractivity contribution in [2.45, 2.75) is 25.3 Å². The van der Waals surface area contributed by atoms with Crippen molar-refractivity contribution in [3.05, 3.63) is 0 Å². The summed E-state index contributed by atoms with van der Waals surface area (Å²) in [6.45, 7) is 2.70. The summed E-state index contributed by atoms with van der Waals surface area (Å²) in [5.74, 6) is -0.297. The van der Waals surface area contributed by atoms with E-state index in [0.29, 0.717) is 18.5 Å². The van der Waals surface area contributed by atoms with Gasteiger partial charge in [0.15, 0.2) is 0 Å². The number of piperidine rings is 1. The summed E-state index contributed by atoms with van der Waals surface area (Å²) >= 11 is 0. The van der Waals surface area contributed by atoms with Gasteiger partial charge in [-0.05, 0) is 25.8 Å². The fourth-order valence-corrected chi connectivity index (χ4v) is 2.37. The molecule has 0 saturated carbocycles. The molecular formula is C11H22N2O3. The van der Waals surface area contributed by atoms with E-state index in [4.69, 9.17) is 10.2 Å². The third kappa shape index (κ3) is 4.47. The number of nitrogens with zero attached hydrogens (tertiary/aromatic N) is 1. The molecule has 0 aliphatic carbocycles. The minimum Gasteiger partial charge on any atom is -0.481 e. The van der Waals surface area contributed by atoms with Gasteiger partial charge in [0.25, 0.3) is 0 Å². The lowest BCUT2D eigenvalue weighted by Crippen LogP contribution is -2.49. The quantitative estimate of drug-likeness (QED) is 0.587. The highest BCUT2D eigenvalue weighted by Gasteiger charge is 2.26. The van der Waals surface area contributed by atoms with E-state index in [0.717, 1.165) is 25.9 Å². The summed E-state index contributed by atoms with van der Waals surface area (Å²) in [6, 6.07) is 0.416. The van der Waals surface area contributed by atoms with E-state index in [9.17, 15) is 4.79 Å². The number of carboxylic acids is 1. The first-order valence-corrected chi connectivity index (χ1v) is 5.88. The van der Waals surface area contributed by atoms with Gasteiger partial charge in [-0.2, -0.15) is 0 Å². The molecule has 3 N–H and O–H groups in total. The first-order chi connectivity index (χ1) is 7.65. The summed E-state index contributed by atoms with van der Waals surface area (Å²) in [5.41, 5.74) is 0. The van der Waals surface area contributed by atoms with Crippen LogP contribution in [0.4, 0.5) is 0 Å². The Bertz CT molecular complexity index is 223. The average molecular weight is 230 g/mol. The Kier molecular flexibility index (Phi) is 5.73.